The molecular formula is C22H28F2N4O. The van der Waals surface area contributed by atoms with Crippen molar-refractivity contribution < 1.29 is 8.78 Å². The Morgan fingerprint density at radius 1 is 1.00 bits per heavy atom. The van der Waals surface area contributed by atoms with Crippen LogP contribution in [0.3, 0.4) is 0 Å². The molecule has 0 radical (unpaired) electrons. The molecule has 1 saturated carbocycles. The fourth-order valence-corrected chi connectivity index (χ4v) is 5.21. The van der Waals surface area contributed by atoms with E-state index in [0.29, 0.717) is 23.2 Å². The van der Waals surface area contributed by atoms with Gasteiger partial charge in [0.15, 0.2) is 5.82 Å². The number of hydrogen-bond acceptors (Lipinski definition) is 4. The summed E-state index contributed by atoms with van der Waals surface area (Å²) < 4.78 is 31.1. The Labute approximate surface area is 169 Å². The van der Waals surface area contributed by atoms with Gasteiger partial charge in [0.05, 0.1) is 17.2 Å². The maximum Gasteiger partial charge on any atom is 0.276 e. The average molecular weight is 402 g/mol. The van der Waals surface area contributed by atoms with Gasteiger partial charge in [-0.05, 0) is 46.2 Å². The van der Waals surface area contributed by atoms with E-state index in [-0.39, 0.29) is 22.7 Å². The molecule has 1 aliphatic carbocycles. The Hall–Kier alpha value is -2.15. The number of benzene rings is 1. The highest BCUT2D eigenvalue weighted by Gasteiger charge is 2.42. The number of hydrogen-bond donors (Lipinski definition) is 0. The number of nitrogens with zero attached hydrogens (tertiary/aromatic N) is 4. The van der Waals surface area contributed by atoms with Crippen LogP contribution in [0.5, 0.6) is 0 Å². The molecule has 2 atom stereocenters. The maximum absolute atomic E-state index is 15.1. The topological polar surface area (TPSA) is 31.7 Å². The monoisotopic (exact) mass is 402 g/mol. The number of likely N-dealkylation sites (N-methyl/N-ethyl adjacent to an activating group) is 1. The number of aromatic nitrogens is 1. The quantitative estimate of drug-likeness (QED) is 0.734. The zero-order valence-electron chi connectivity index (χ0n) is 17.5. The summed E-state index contributed by atoms with van der Waals surface area (Å²) in [4.78, 5) is 20.3. The molecule has 1 saturated heterocycles. The van der Waals surface area contributed by atoms with Crippen LogP contribution in [0, 0.1) is 18.6 Å². The fraction of sp³-hybridized carbons (Fsp3) is 0.591. The van der Waals surface area contributed by atoms with Crippen molar-refractivity contribution in [2.75, 3.05) is 36.5 Å². The third-order valence-corrected chi connectivity index (χ3v) is 7.39. The Morgan fingerprint density at radius 2 is 1.69 bits per heavy atom. The van der Waals surface area contributed by atoms with Crippen LogP contribution in [0.2, 0.25) is 0 Å². The summed E-state index contributed by atoms with van der Waals surface area (Å²) in [6.07, 6.45) is 3.30. The third-order valence-electron chi connectivity index (χ3n) is 7.39. The summed E-state index contributed by atoms with van der Waals surface area (Å²) in [5.74, 6) is -1.20. The molecule has 0 bridgehead atoms. The Kier molecular flexibility index (Phi) is 4.18. The van der Waals surface area contributed by atoms with Crippen LogP contribution < -0.4 is 15.4 Å². The van der Waals surface area contributed by atoms with Crippen molar-refractivity contribution in [1.29, 1.82) is 0 Å². The predicted molar refractivity (Wildman–Crippen MR) is 112 cm³/mol. The minimum absolute atomic E-state index is 0.0394. The second-order valence-corrected chi connectivity index (χ2v) is 9.09. The van der Waals surface area contributed by atoms with Crippen LogP contribution in [-0.4, -0.2) is 54.3 Å². The molecule has 156 valence electrons. The SMILES string of the molecule is Cc1c(F)cc2c3c(c(=O)n(C)c2c1F)N(C1CCC1)CC1CN(C)C(C)CN31. The molecule has 1 aromatic carbocycles. The van der Waals surface area contributed by atoms with Crippen molar-refractivity contribution in [3.8, 4) is 0 Å². The van der Waals surface area contributed by atoms with Crippen LogP contribution in [0.15, 0.2) is 10.9 Å². The van der Waals surface area contributed by atoms with E-state index in [1.807, 2.05) is 0 Å². The summed E-state index contributed by atoms with van der Waals surface area (Å²) in [6, 6.07) is 2.27. The van der Waals surface area contributed by atoms with Gasteiger partial charge in [-0.2, -0.15) is 0 Å². The lowest BCUT2D eigenvalue weighted by Gasteiger charge is -2.53. The van der Waals surface area contributed by atoms with Crippen molar-refractivity contribution in [3.05, 3.63) is 33.6 Å². The minimum Gasteiger partial charge on any atom is -0.362 e. The summed E-state index contributed by atoms with van der Waals surface area (Å²) >= 11 is 0. The lowest BCUT2D eigenvalue weighted by molar-refractivity contribution is 0.194. The first-order chi connectivity index (χ1) is 13.8. The van der Waals surface area contributed by atoms with Gasteiger partial charge in [0.2, 0.25) is 0 Å². The summed E-state index contributed by atoms with van der Waals surface area (Å²) in [7, 11) is 3.72. The second kappa shape index (κ2) is 6.42. The molecule has 3 heterocycles. The van der Waals surface area contributed by atoms with Gasteiger partial charge >= 0.3 is 0 Å². The number of aryl methyl sites for hydroxylation is 1. The first-order valence-electron chi connectivity index (χ1n) is 10.5. The number of fused-ring (bicyclic) bond motifs is 5. The molecule has 5 rings (SSSR count). The fourth-order valence-electron chi connectivity index (χ4n) is 5.21. The van der Waals surface area contributed by atoms with E-state index in [1.54, 1.807) is 7.05 Å². The Balaban J connectivity index is 1.85. The van der Waals surface area contributed by atoms with Gasteiger partial charge in [0.25, 0.3) is 5.56 Å². The standard InChI is InChI=1S/C22H28F2N4O/c1-12-9-27-15(10-25(12)3)11-28(14-6-5-7-14)21-20(27)16-8-17(23)13(2)18(24)19(16)26(4)22(21)29/h8,12,14-15H,5-7,9-11H2,1-4H3. The zero-order valence-corrected chi connectivity index (χ0v) is 17.5. The van der Waals surface area contributed by atoms with Gasteiger partial charge in [-0.1, -0.05) is 0 Å². The van der Waals surface area contributed by atoms with Gasteiger partial charge < -0.3 is 14.4 Å². The molecule has 0 N–H and O–H groups in total. The summed E-state index contributed by atoms with van der Waals surface area (Å²) in [5, 5.41) is 0.508. The second-order valence-electron chi connectivity index (χ2n) is 9.09. The lowest BCUT2D eigenvalue weighted by Crippen LogP contribution is -2.64. The van der Waals surface area contributed by atoms with Gasteiger partial charge in [-0.3, -0.25) is 9.69 Å². The molecule has 3 aliphatic rings. The van der Waals surface area contributed by atoms with E-state index in [1.165, 1.54) is 17.6 Å². The Morgan fingerprint density at radius 3 is 2.34 bits per heavy atom. The molecule has 0 spiro atoms. The largest absolute Gasteiger partial charge is 0.362 e. The van der Waals surface area contributed by atoms with E-state index >= 15 is 4.39 Å². The first kappa shape index (κ1) is 18.9. The van der Waals surface area contributed by atoms with Crippen LogP contribution in [0.4, 0.5) is 20.2 Å². The molecule has 2 aromatic rings. The average Bonchev–Trinajstić information content (AvgIpc) is 2.63. The number of rotatable bonds is 1. The molecule has 2 unspecified atom stereocenters. The number of pyridine rings is 1. The van der Waals surface area contributed by atoms with Gasteiger partial charge in [-0.15, -0.1) is 0 Å². The van der Waals surface area contributed by atoms with E-state index in [0.717, 1.165) is 44.6 Å². The van der Waals surface area contributed by atoms with Crippen molar-refractivity contribution in [3.63, 3.8) is 0 Å². The Bertz CT molecular complexity index is 1060. The predicted octanol–water partition coefficient (Wildman–Crippen LogP) is 3.01. The molecule has 1 aromatic heterocycles. The molecule has 0 amide bonds. The van der Waals surface area contributed by atoms with Crippen molar-refractivity contribution in [2.45, 2.75) is 51.2 Å². The zero-order chi connectivity index (χ0) is 20.6. The minimum atomic E-state index is -0.637. The molecule has 2 aliphatic heterocycles. The van der Waals surface area contributed by atoms with Crippen LogP contribution >= 0.6 is 0 Å². The van der Waals surface area contributed by atoms with Crippen molar-refractivity contribution in [1.82, 2.24) is 9.47 Å². The summed E-state index contributed by atoms with van der Waals surface area (Å²) in [6.45, 7) is 5.98. The molecule has 5 nitrogen and oxygen atoms in total. The molecule has 7 heteroatoms. The number of anilines is 2. The van der Waals surface area contributed by atoms with Crippen LogP contribution in [0.25, 0.3) is 10.9 Å². The van der Waals surface area contributed by atoms with Crippen LogP contribution in [-0.2, 0) is 7.05 Å². The highest BCUT2D eigenvalue weighted by Crippen LogP contribution is 2.44. The van der Waals surface area contributed by atoms with Gasteiger partial charge in [-0.25, -0.2) is 8.78 Å². The summed E-state index contributed by atoms with van der Waals surface area (Å²) in [5.41, 5.74) is 1.33. The highest BCUT2D eigenvalue weighted by atomic mass is 19.1. The van der Waals surface area contributed by atoms with Crippen molar-refractivity contribution in [2.24, 2.45) is 7.05 Å². The van der Waals surface area contributed by atoms with Gasteiger partial charge in [0.1, 0.15) is 11.5 Å². The van der Waals surface area contributed by atoms with E-state index in [4.69, 9.17) is 0 Å². The molecule has 2 fully saturated rings. The first-order valence-corrected chi connectivity index (χ1v) is 10.5. The third kappa shape index (κ3) is 2.56. The van der Waals surface area contributed by atoms with E-state index in [2.05, 4.69) is 28.7 Å². The maximum atomic E-state index is 15.1. The van der Waals surface area contributed by atoms with E-state index in [9.17, 15) is 9.18 Å². The normalized spacial score (nSPS) is 25.2. The van der Waals surface area contributed by atoms with E-state index < -0.39 is 11.6 Å². The number of halogens is 2. The van der Waals surface area contributed by atoms with Crippen molar-refractivity contribution >= 4 is 22.3 Å². The van der Waals surface area contributed by atoms with Gasteiger partial charge in [0, 0.05) is 49.7 Å². The number of piperazine rings is 1. The smallest absolute Gasteiger partial charge is 0.276 e. The molecular weight excluding hydrogens is 374 g/mol. The van der Waals surface area contributed by atoms with Crippen LogP contribution in [0.1, 0.15) is 31.7 Å². The highest BCUT2D eigenvalue weighted by molar-refractivity contribution is 6.00. The lowest BCUT2D eigenvalue weighted by atomic mass is 9.88. The molecule has 29 heavy (non-hydrogen) atoms.